The first kappa shape index (κ1) is 21.5. The minimum Gasteiger partial charge on any atom is -0.494 e. The summed E-state index contributed by atoms with van der Waals surface area (Å²) in [6.45, 7) is 0.655. The fraction of sp³-hybridized carbons (Fsp3) is 0.300. The van der Waals surface area contributed by atoms with E-state index in [2.05, 4.69) is 5.32 Å². The van der Waals surface area contributed by atoms with Gasteiger partial charge in [-0.25, -0.2) is 4.21 Å². The Morgan fingerprint density at radius 2 is 1.81 bits per heavy atom. The van der Waals surface area contributed by atoms with E-state index in [0.29, 0.717) is 34.3 Å². The molecule has 0 aliphatic carbocycles. The van der Waals surface area contributed by atoms with E-state index in [9.17, 15) is 9.00 Å². The quantitative estimate of drug-likeness (QED) is 0.515. The van der Waals surface area contributed by atoms with Crippen molar-refractivity contribution in [3.8, 4) is 5.75 Å². The van der Waals surface area contributed by atoms with Crippen LogP contribution in [0.25, 0.3) is 0 Å². The van der Waals surface area contributed by atoms with E-state index in [1.54, 1.807) is 17.5 Å². The van der Waals surface area contributed by atoms with E-state index in [1.807, 2.05) is 30.3 Å². The zero-order chi connectivity index (χ0) is 19.5. The molecular weight excluding hydrogens is 405 g/mol. The third-order valence-corrected chi connectivity index (χ3v) is 4.98. The third-order valence-electron chi connectivity index (χ3n) is 3.85. The minimum absolute atomic E-state index is 0.0775. The predicted octanol–water partition coefficient (Wildman–Crippen LogP) is 5.13. The van der Waals surface area contributed by atoms with Gasteiger partial charge < -0.3 is 10.1 Å². The Bertz CT molecular complexity index is 802. The summed E-state index contributed by atoms with van der Waals surface area (Å²) < 4.78 is 15.8. The van der Waals surface area contributed by atoms with Crippen LogP contribution in [0.3, 0.4) is 0 Å². The van der Waals surface area contributed by atoms with Gasteiger partial charge in [0.05, 0.1) is 27.9 Å². The molecule has 2 aromatic rings. The lowest BCUT2D eigenvalue weighted by Gasteiger charge is -2.17. The molecule has 0 saturated heterocycles. The van der Waals surface area contributed by atoms with E-state index in [-0.39, 0.29) is 5.91 Å². The Hall–Kier alpha value is -1.82. The monoisotopic (exact) mass is 425 g/mol. The highest BCUT2D eigenvalue weighted by Gasteiger charge is 2.14. The lowest BCUT2D eigenvalue weighted by atomic mass is 10.0. The number of hydrogen-bond acceptors (Lipinski definition) is 3. The third kappa shape index (κ3) is 7.75. The zero-order valence-corrected chi connectivity index (χ0v) is 17.1. The molecule has 1 amide bonds. The van der Waals surface area contributed by atoms with Crippen molar-refractivity contribution in [1.82, 2.24) is 0 Å². The Morgan fingerprint density at radius 3 is 2.48 bits per heavy atom. The molecule has 0 bridgehead atoms. The number of ether oxygens (including phenoxy) is 1. The van der Waals surface area contributed by atoms with Gasteiger partial charge in [0, 0.05) is 17.5 Å². The summed E-state index contributed by atoms with van der Waals surface area (Å²) in [4.78, 5) is 11.2. The number of amides is 1. The number of unbranched alkanes of at least 4 members (excludes halogenated alkanes) is 2. The molecule has 1 aliphatic rings. The largest absolute Gasteiger partial charge is 0.494 e. The summed E-state index contributed by atoms with van der Waals surface area (Å²) in [5.41, 5.74) is 2.03. The Balaban J connectivity index is 0.000000273. The van der Waals surface area contributed by atoms with Crippen molar-refractivity contribution < 1.29 is 13.7 Å². The highest BCUT2D eigenvalue weighted by atomic mass is 35.5. The van der Waals surface area contributed by atoms with Crippen LogP contribution in [0.15, 0.2) is 42.5 Å². The molecule has 0 fully saturated rings. The number of fused-ring (bicyclic) bond motifs is 1. The molecule has 1 aliphatic heterocycles. The van der Waals surface area contributed by atoms with Crippen molar-refractivity contribution >= 4 is 51.4 Å². The summed E-state index contributed by atoms with van der Waals surface area (Å²) in [6.07, 6.45) is 4.04. The zero-order valence-electron chi connectivity index (χ0n) is 14.8. The minimum atomic E-state index is 0.0775. The van der Waals surface area contributed by atoms with Crippen LogP contribution in [0.1, 0.15) is 31.2 Å². The standard InChI is InChI=1S/C14H17NO3S.C6H4Cl2/c16-14-7-4-11-10-12(5-6-13(11)15-14)18-8-2-1-3-9-19-17;7-5-3-1-2-4-6(5)8/h5-6,9-10H,1-4,7-8H2,(H,15,16);1-4H. The van der Waals surface area contributed by atoms with Crippen LogP contribution >= 0.6 is 23.2 Å². The fourth-order valence-electron chi connectivity index (χ4n) is 2.46. The number of anilines is 1. The topological polar surface area (TPSA) is 55.4 Å². The van der Waals surface area contributed by atoms with Crippen LogP contribution < -0.4 is 10.1 Å². The van der Waals surface area contributed by atoms with Gasteiger partial charge in [-0.3, -0.25) is 4.79 Å². The molecule has 3 rings (SSSR count). The molecule has 1 heterocycles. The normalized spacial score (nSPS) is 12.1. The molecule has 0 unspecified atom stereocenters. The highest BCUT2D eigenvalue weighted by molar-refractivity contribution is 7.64. The smallest absolute Gasteiger partial charge is 0.224 e. The van der Waals surface area contributed by atoms with Crippen molar-refractivity contribution in [2.75, 3.05) is 11.9 Å². The summed E-state index contributed by atoms with van der Waals surface area (Å²) in [5.74, 6) is 0.922. The molecule has 144 valence electrons. The maximum absolute atomic E-state index is 11.2. The lowest BCUT2D eigenvalue weighted by molar-refractivity contribution is -0.116. The van der Waals surface area contributed by atoms with Crippen LogP contribution in [-0.4, -0.2) is 22.1 Å². The molecule has 0 radical (unpaired) electrons. The summed E-state index contributed by atoms with van der Waals surface area (Å²) in [6, 6.07) is 13.0. The Kier molecular flexibility index (Phi) is 9.39. The molecule has 4 nitrogen and oxygen atoms in total. The van der Waals surface area contributed by atoms with E-state index < -0.39 is 0 Å². The summed E-state index contributed by atoms with van der Waals surface area (Å²) in [5, 5.41) is 5.73. The van der Waals surface area contributed by atoms with Crippen LogP contribution in [0.5, 0.6) is 5.75 Å². The van der Waals surface area contributed by atoms with E-state index in [1.165, 1.54) is 0 Å². The second kappa shape index (κ2) is 11.8. The first-order chi connectivity index (χ1) is 13.1. The number of carbonyl (C=O) groups excluding carboxylic acids is 1. The van der Waals surface area contributed by atoms with Crippen LogP contribution in [0, 0.1) is 0 Å². The molecule has 1 N–H and O–H groups in total. The maximum Gasteiger partial charge on any atom is 0.224 e. The van der Waals surface area contributed by atoms with Gasteiger partial charge in [0.2, 0.25) is 5.91 Å². The predicted molar refractivity (Wildman–Crippen MR) is 113 cm³/mol. The SMILES string of the molecule is Clc1ccccc1Cl.O=S=CCCCCOc1ccc2c(c1)CCC(=O)N2. The van der Waals surface area contributed by atoms with Gasteiger partial charge in [-0.1, -0.05) is 35.3 Å². The molecule has 27 heavy (non-hydrogen) atoms. The number of nitrogens with one attached hydrogen (secondary N) is 1. The van der Waals surface area contributed by atoms with E-state index >= 15 is 0 Å². The summed E-state index contributed by atoms with van der Waals surface area (Å²) >= 11 is 11.7. The average Bonchev–Trinajstić information content (AvgIpc) is 2.67. The van der Waals surface area contributed by atoms with Crippen molar-refractivity contribution in [3.63, 3.8) is 0 Å². The van der Waals surface area contributed by atoms with Crippen molar-refractivity contribution in [1.29, 1.82) is 0 Å². The fourth-order valence-corrected chi connectivity index (χ4v) is 2.99. The number of aryl methyl sites for hydroxylation is 1. The molecule has 2 aromatic carbocycles. The van der Waals surface area contributed by atoms with Crippen LogP contribution in [0.2, 0.25) is 10.0 Å². The molecule has 0 spiro atoms. The highest BCUT2D eigenvalue weighted by Crippen LogP contribution is 2.26. The number of carbonyl (C=O) groups is 1. The number of rotatable bonds is 6. The van der Waals surface area contributed by atoms with Crippen LogP contribution in [0.4, 0.5) is 5.69 Å². The number of halogens is 2. The second-order valence-corrected chi connectivity index (χ2v) is 7.23. The Morgan fingerprint density at radius 1 is 1.07 bits per heavy atom. The molecule has 0 aromatic heterocycles. The first-order valence-corrected chi connectivity index (χ1v) is 10.2. The maximum atomic E-state index is 11.2. The van der Waals surface area contributed by atoms with E-state index in [4.69, 9.17) is 27.9 Å². The first-order valence-electron chi connectivity index (χ1n) is 8.66. The number of hydrogen-bond donors (Lipinski definition) is 1. The average molecular weight is 426 g/mol. The van der Waals surface area contributed by atoms with E-state index in [0.717, 1.165) is 42.7 Å². The van der Waals surface area contributed by atoms with Gasteiger partial charge in [0.1, 0.15) is 5.75 Å². The lowest BCUT2D eigenvalue weighted by Crippen LogP contribution is -2.18. The van der Waals surface area contributed by atoms with Gasteiger partial charge in [-0.2, -0.15) is 0 Å². The van der Waals surface area contributed by atoms with Crippen molar-refractivity contribution in [2.45, 2.75) is 32.1 Å². The van der Waals surface area contributed by atoms with Crippen molar-refractivity contribution in [3.05, 3.63) is 58.1 Å². The van der Waals surface area contributed by atoms with Gasteiger partial charge >= 0.3 is 0 Å². The van der Waals surface area contributed by atoms with Gasteiger partial charge in [-0.15, -0.1) is 0 Å². The molecule has 0 atom stereocenters. The molecule has 0 saturated carbocycles. The van der Waals surface area contributed by atoms with Gasteiger partial charge in [0.25, 0.3) is 0 Å². The molecule has 7 heteroatoms. The summed E-state index contributed by atoms with van der Waals surface area (Å²) in [7, 11) is 0. The van der Waals surface area contributed by atoms with Crippen LogP contribution in [-0.2, 0) is 22.5 Å². The number of benzene rings is 2. The van der Waals surface area contributed by atoms with Gasteiger partial charge in [0.15, 0.2) is 0 Å². The van der Waals surface area contributed by atoms with Gasteiger partial charge in [-0.05, 0) is 61.6 Å². The Labute approximate surface area is 172 Å². The molecular formula is C20H21Cl2NO3S. The van der Waals surface area contributed by atoms with Crippen molar-refractivity contribution in [2.24, 2.45) is 0 Å². The second-order valence-electron chi connectivity index (χ2n) is 5.89.